The lowest BCUT2D eigenvalue weighted by atomic mass is 10.1. The molecule has 2 N–H and O–H groups in total. The first-order valence-electron chi connectivity index (χ1n) is 6.38. The topological polar surface area (TPSA) is 72.6 Å². The minimum atomic E-state index is -0.422. The predicted octanol–water partition coefficient (Wildman–Crippen LogP) is 1.92. The van der Waals surface area contributed by atoms with Gasteiger partial charge in [0.15, 0.2) is 0 Å². The van der Waals surface area contributed by atoms with Gasteiger partial charge in [-0.15, -0.1) is 11.3 Å². The van der Waals surface area contributed by atoms with Crippen LogP contribution in [0, 0.1) is 0 Å². The summed E-state index contributed by atoms with van der Waals surface area (Å²) in [6.07, 6.45) is 2.65. The zero-order valence-corrected chi connectivity index (χ0v) is 12.0. The van der Waals surface area contributed by atoms with E-state index in [1.54, 1.807) is 4.90 Å². The lowest BCUT2D eigenvalue weighted by Crippen LogP contribution is -2.28. The van der Waals surface area contributed by atoms with Crippen LogP contribution in [0.2, 0.25) is 0 Å². The molecule has 6 heteroatoms. The average molecular weight is 282 g/mol. The molecule has 1 amide bonds. The summed E-state index contributed by atoms with van der Waals surface area (Å²) in [5, 5.41) is 0.411. The molecule has 2 rings (SSSR count). The molecule has 1 aromatic rings. The monoisotopic (exact) mass is 282 g/mol. The van der Waals surface area contributed by atoms with Gasteiger partial charge in [0.1, 0.15) is 4.88 Å². The van der Waals surface area contributed by atoms with Gasteiger partial charge >= 0.3 is 5.97 Å². The van der Waals surface area contributed by atoms with Gasteiger partial charge < -0.3 is 15.4 Å². The number of carbonyl (C=O) groups is 2. The molecule has 104 valence electrons. The Kier molecular flexibility index (Phi) is 4.09. The van der Waals surface area contributed by atoms with E-state index < -0.39 is 5.97 Å². The Bertz CT molecular complexity index is 504. The Morgan fingerprint density at radius 3 is 2.53 bits per heavy atom. The smallest absolute Gasteiger partial charge is 0.348 e. The number of thiophene rings is 1. The van der Waals surface area contributed by atoms with Crippen LogP contribution in [-0.4, -0.2) is 37.0 Å². The van der Waals surface area contributed by atoms with Crippen molar-refractivity contribution in [1.29, 1.82) is 0 Å². The Morgan fingerprint density at radius 1 is 1.37 bits per heavy atom. The minimum absolute atomic E-state index is 0.0572. The van der Waals surface area contributed by atoms with Crippen molar-refractivity contribution >= 4 is 28.2 Å². The van der Waals surface area contributed by atoms with Crippen molar-refractivity contribution < 1.29 is 14.3 Å². The largest absolute Gasteiger partial charge is 0.465 e. The summed E-state index contributed by atoms with van der Waals surface area (Å²) >= 11 is 1.14. The minimum Gasteiger partial charge on any atom is -0.465 e. The zero-order chi connectivity index (χ0) is 14.0. The molecule has 0 unspecified atom stereocenters. The van der Waals surface area contributed by atoms with Crippen LogP contribution in [0.25, 0.3) is 0 Å². The second kappa shape index (κ2) is 5.61. The second-order valence-corrected chi connectivity index (χ2v) is 5.55. The lowest BCUT2D eigenvalue weighted by molar-refractivity contribution is 0.0605. The van der Waals surface area contributed by atoms with Gasteiger partial charge in [0.05, 0.1) is 17.7 Å². The summed E-state index contributed by atoms with van der Waals surface area (Å²) in [6, 6.07) is 0. The Balaban J connectivity index is 2.41. The van der Waals surface area contributed by atoms with Crippen LogP contribution < -0.4 is 5.73 Å². The third-order valence-corrected chi connectivity index (χ3v) is 4.41. The van der Waals surface area contributed by atoms with E-state index in [4.69, 9.17) is 10.5 Å². The molecule has 1 aromatic heterocycles. The van der Waals surface area contributed by atoms with Crippen molar-refractivity contribution in [3.05, 3.63) is 16.0 Å². The fraction of sp³-hybridized carbons (Fsp3) is 0.538. The number of rotatable bonds is 3. The van der Waals surface area contributed by atoms with Crippen LogP contribution in [-0.2, 0) is 11.2 Å². The number of hydrogen-bond acceptors (Lipinski definition) is 5. The number of likely N-dealkylation sites (tertiary alicyclic amines) is 1. The summed E-state index contributed by atoms with van der Waals surface area (Å²) in [5.74, 6) is -0.479. The molecule has 5 nitrogen and oxygen atoms in total. The number of nitrogens with two attached hydrogens (primary N) is 1. The first-order chi connectivity index (χ1) is 9.10. The van der Waals surface area contributed by atoms with Crippen molar-refractivity contribution in [2.24, 2.45) is 0 Å². The fourth-order valence-electron chi connectivity index (χ4n) is 2.39. The molecule has 0 aromatic carbocycles. The number of nitrogens with zero attached hydrogens (tertiary/aromatic N) is 1. The number of hydrogen-bond donors (Lipinski definition) is 1. The molecule has 19 heavy (non-hydrogen) atoms. The summed E-state index contributed by atoms with van der Waals surface area (Å²) in [5.41, 5.74) is 7.15. The quantitative estimate of drug-likeness (QED) is 0.860. The number of ether oxygens (including phenoxy) is 1. The van der Waals surface area contributed by atoms with Crippen LogP contribution >= 0.6 is 11.3 Å². The summed E-state index contributed by atoms with van der Waals surface area (Å²) in [6.45, 7) is 3.45. The molecule has 0 radical (unpaired) electrons. The van der Waals surface area contributed by atoms with Crippen molar-refractivity contribution in [3.63, 3.8) is 0 Å². The van der Waals surface area contributed by atoms with Gasteiger partial charge in [-0.05, 0) is 24.8 Å². The maximum absolute atomic E-state index is 12.5. The molecule has 0 spiro atoms. The first-order valence-corrected chi connectivity index (χ1v) is 7.20. The Morgan fingerprint density at radius 2 is 2.00 bits per heavy atom. The van der Waals surface area contributed by atoms with Crippen molar-refractivity contribution in [1.82, 2.24) is 4.90 Å². The van der Waals surface area contributed by atoms with Crippen LogP contribution in [0.1, 0.15) is 45.4 Å². The molecule has 1 fully saturated rings. The number of amides is 1. The van der Waals surface area contributed by atoms with Crippen molar-refractivity contribution in [2.75, 3.05) is 25.9 Å². The van der Waals surface area contributed by atoms with Gasteiger partial charge in [0.2, 0.25) is 0 Å². The molecular weight excluding hydrogens is 264 g/mol. The molecule has 0 bridgehead atoms. The van der Waals surface area contributed by atoms with Crippen LogP contribution in [0.15, 0.2) is 0 Å². The van der Waals surface area contributed by atoms with Gasteiger partial charge in [0, 0.05) is 13.1 Å². The normalized spacial score (nSPS) is 14.7. The highest BCUT2D eigenvalue weighted by Gasteiger charge is 2.29. The Hall–Kier alpha value is -1.56. The summed E-state index contributed by atoms with van der Waals surface area (Å²) < 4.78 is 4.74. The molecule has 0 aliphatic carbocycles. The lowest BCUT2D eigenvalue weighted by Gasteiger charge is -2.16. The molecule has 1 saturated heterocycles. The SMILES string of the molecule is CCc1c(C(=O)OC)sc(N)c1C(=O)N1CCCC1. The number of methoxy groups -OCH3 is 1. The summed E-state index contributed by atoms with van der Waals surface area (Å²) in [4.78, 5) is 26.4. The van der Waals surface area contributed by atoms with Gasteiger partial charge in [-0.2, -0.15) is 0 Å². The van der Waals surface area contributed by atoms with E-state index in [0.717, 1.165) is 37.3 Å². The van der Waals surface area contributed by atoms with Crippen molar-refractivity contribution in [3.8, 4) is 0 Å². The standard InChI is InChI=1S/C13H18N2O3S/c1-3-8-9(12(16)15-6-4-5-7-15)11(14)19-10(8)13(17)18-2/h3-7,14H2,1-2H3. The number of nitrogen functional groups attached to an aromatic ring is 1. The highest BCUT2D eigenvalue weighted by molar-refractivity contribution is 7.18. The van der Waals surface area contributed by atoms with Gasteiger partial charge in [-0.3, -0.25) is 4.79 Å². The molecule has 2 heterocycles. The molecule has 0 saturated carbocycles. The van der Waals surface area contributed by atoms with Gasteiger partial charge in [0.25, 0.3) is 5.91 Å². The number of anilines is 1. The van der Waals surface area contributed by atoms with Gasteiger partial charge in [-0.1, -0.05) is 6.92 Å². The molecule has 1 aliphatic heterocycles. The predicted molar refractivity (Wildman–Crippen MR) is 74.6 cm³/mol. The van der Waals surface area contributed by atoms with E-state index in [2.05, 4.69) is 0 Å². The van der Waals surface area contributed by atoms with Crippen LogP contribution in [0.4, 0.5) is 5.00 Å². The Labute approximate surface area is 116 Å². The van der Waals surface area contributed by atoms with E-state index in [-0.39, 0.29) is 5.91 Å². The van der Waals surface area contributed by atoms with E-state index in [9.17, 15) is 9.59 Å². The molecule has 1 aliphatic rings. The maximum atomic E-state index is 12.5. The van der Waals surface area contributed by atoms with E-state index in [1.807, 2.05) is 6.92 Å². The van der Waals surface area contributed by atoms with E-state index in [1.165, 1.54) is 7.11 Å². The van der Waals surface area contributed by atoms with E-state index in [0.29, 0.717) is 27.4 Å². The summed E-state index contributed by atoms with van der Waals surface area (Å²) in [7, 11) is 1.33. The highest BCUT2D eigenvalue weighted by Crippen LogP contribution is 2.33. The first kappa shape index (κ1) is 13.9. The van der Waals surface area contributed by atoms with E-state index >= 15 is 0 Å². The molecular formula is C13H18N2O3S. The second-order valence-electron chi connectivity index (χ2n) is 4.49. The number of esters is 1. The van der Waals surface area contributed by atoms with Crippen LogP contribution in [0.5, 0.6) is 0 Å². The van der Waals surface area contributed by atoms with Crippen LogP contribution in [0.3, 0.4) is 0 Å². The van der Waals surface area contributed by atoms with Crippen molar-refractivity contribution in [2.45, 2.75) is 26.2 Å². The molecule has 0 atom stereocenters. The highest BCUT2D eigenvalue weighted by atomic mass is 32.1. The maximum Gasteiger partial charge on any atom is 0.348 e. The number of carbonyl (C=O) groups excluding carboxylic acids is 2. The van der Waals surface area contributed by atoms with Gasteiger partial charge in [-0.25, -0.2) is 4.79 Å². The average Bonchev–Trinajstić information content (AvgIpc) is 3.04. The zero-order valence-electron chi connectivity index (χ0n) is 11.2. The third kappa shape index (κ3) is 2.45. The fourth-order valence-corrected chi connectivity index (χ4v) is 3.46. The third-order valence-electron chi connectivity index (χ3n) is 3.37.